The van der Waals surface area contributed by atoms with E-state index >= 15 is 0 Å². The molecule has 5 rings (SSSR count). The monoisotopic (exact) mass is 1540 g/mol. The quantitative estimate of drug-likeness (QED) is 0.0445. The van der Waals surface area contributed by atoms with E-state index in [1.165, 1.54) is 64.0 Å². The van der Waals surface area contributed by atoms with Crippen LogP contribution in [0.4, 0.5) is 0 Å². The molecule has 0 saturated carbocycles. The maximum Gasteiger partial charge on any atom is 0.245 e. The molecule has 21 N–H and O–H groups in total. The number of amides is 5. The summed E-state index contributed by atoms with van der Waals surface area (Å²) < 4.78 is 0. The molecule has 26 heteroatoms. The summed E-state index contributed by atoms with van der Waals surface area (Å²) in [4.78, 5) is 141. The van der Waals surface area contributed by atoms with E-state index < -0.39 is 36.0 Å². The zero-order chi connectivity index (χ0) is 85.5. The van der Waals surface area contributed by atoms with Gasteiger partial charge in [0.05, 0.1) is 6.04 Å². The van der Waals surface area contributed by atoms with E-state index in [-0.39, 0.29) is 84.6 Å². The van der Waals surface area contributed by atoms with Crippen molar-refractivity contribution >= 4 is 82.8 Å². The highest BCUT2D eigenvalue weighted by atomic mass is 16.3. The van der Waals surface area contributed by atoms with Crippen molar-refractivity contribution in [3.05, 3.63) is 108 Å². The fourth-order valence-electron chi connectivity index (χ4n) is 8.73. The lowest BCUT2D eigenvalue weighted by Gasteiger charge is -2.34. The Hall–Kier alpha value is -7.95. The lowest BCUT2D eigenvalue weighted by atomic mass is 9.87. The molecule has 108 heavy (non-hydrogen) atoms. The van der Waals surface area contributed by atoms with E-state index in [4.69, 9.17) is 38.7 Å². The minimum atomic E-state index is -0.929. The smallest absolute Gasteiger partial charge is 0.245 e. The molecule has 2 heterocycles. The number of carbonyl (C=O) groups excluding carboxylic acids is 13. The van der Waals surface area contributed by atoms with Crippen molar-refractivity contribution in [2.75, 3.05) is 47.8 Å². The van der Waals surface area contributed by atoms with E-state index in [2.05, 4.69) is 143 Å². The Morgan fingerprint density at radius 2 is 0.787 bits per heavy atom. The normalized spacial score (nSPS) is 12.2. The summed E-state index contributed by atoms with van der Waals surface area (Å²) >= 11 is 0. The van der Waals surface area contributed by atoms with Crippen molar-refractivity contribution < 1.29 is 67.4 Å². The second-order valence-corrected chi connectivity index (χ2v) is 24.0. The number of nitrogens with one attached hydrogen (secondary N) is 3. The van der Waals surface area contributed by atoms with Crippen LogP contribution in [0.2, 0.25) is 0 Å². The maximum atomic E-state index is 14.2. The molecule has 6 atom stereocenters. The largest absolute Gasteiger partial charge is 0.394 e. The van der Waals surface area contributed by atoms with E-state index in [0.29, 0.717) is 51.7 Å². The molecule has 2 saturated heterocycles. The third kappa shape index (κ3) is 85.3. The predicted molar refractivity (Wildman–Crippen MR) is 454 cm³/mol. The van der Waals surface area contributed by atoms with Crippen molar-refractivity contribution in [2.24, 2.45) is 58.4 Å². The lowest BCUT2D eigenvalue weighted by molar-refractivity contribution is -0.142. The Morgan fingerprint density at radius 3 is 1.07 bits per heavy atom. The van der Waals surface area contributed by atoms with E-state index in [1.807, 2.05) is 150 Å². The number of rotatable bonds is 22. The van der Waals surface area contributed by atoms with Gasteiger partial charge in [0.15, 0.2) is 5.78 Å². The van der Waals surface area contributed by atoms with Crippen LogP contribution in [0.25, 0.3) is 0 Å². The number of piperidine rings is 1. The Morgan fingerprint density at radius 1 is 0.454 bits per heavy atom. The first-order valence-corrected chi connectivity index (χ1v) is 36.5. The summed E-state index contributed by atoms with van der Waals surface area (Å²) in [7, 11) is 6.00. The first-order chi connectivity index (χ1) is 50.3. The van der Waals surface area contributed by atoms with Gasteiger partial charge in [-0.05, 0) is 153 Å². The van der Waals surface area contributed by atoms with Gasteiger partial charge in [0, 0.05) is 45.0 Å². The molecule has 1 unspecified atom stereocenters. The summed E-state index contributed by atoms with van der Waals surface area (Å²) in [5.74, 6) is -0.434. The van der Waals surface area contributed by atoms with Crippen molar-refractivity contribution in [1.82, 2.24) is 44.2 Å². The molecule has 2 aliphatic rings. The number of aliphatic hydroxyl groups excluding tert-OH is 1. The summed E-state index contributed by atoms with van der Waals surface area (Å²) in [6, 6.07) is 27.2. The molecule has 5 amide bonds. The molecule has 2 fully saturated rings. The Kier molecular flexibility index (Phi) is 141. The standard InChI is InChI=1S/C40H63N5O6.2C8H10.2C5H12.C3H8O.C2H6.4CH5N.7CH2O.3H3N/c1-8-28(6)36(40(51)44-19-13-10-14-20-44)43-37(48)31(22-26(2)3)25-35(47)32(24-30-16-11-9-12-17-30)42-38(49)34-18-15-21-45(34)39(50)33(23-27(4)5)41-29(7)46;2*1-2-8-6-4-3-5-7-8;2*1-4-5(2)3;1-3(2)4;12*1-2;;;/h9,11-12,16-17,26-28,31-34,36H,8,10,13-15,18-25H2,1-7H3,(H,41,46)(H,42,49)(H,43,48);2*3-7H,2H2,1H3;2*5H,4H2,1-3H3;3-4H,1-2H3;1-2H3;4*2H2,1H3;7*1H2;3*1H3/t28-,31+,32-,33?,34-,36-;;;;;;;;;;;;;;;;;;;;/m0..................../s1. The Labute approximate surface area is 657 Å². The summed E-state index contributed by atoms with van der Waals surface area (Å²) in [5, 5.41) is 16.9. The second-order valence-electron chi connectivity index (χ2n) is 24.0. The Bertz CT molecular complexity index is 2230. The third-order valence-corrected chi connectivity index (χ3v) is 14.4. The zero-order valence-electron chi connectivity index (χ0n) is 72.1. The number of nitrogens with two attached hydrogens (primary N) is 4. The average Bonchev–Trinajstić information content (AvgIpc) is 1.58. The van der Waals surface area contributed by atoms with Gasteiger partial charge in [0.2, 0.25) is 29.5 Å². The maximum absolute atomic E-state index is 14.2. The van der Waals surface area contributed by atoms with Gasteiger partial charge < -0.3 is 106 Å². The first-order valence-electron chi connectivity index (χ1n) is 36.5. The molecule has 26 nitrogen and oxygen atoms in total. The number of hydrogen-bond acceptors (Lipinski definition) is 21. The SMILES string of the molecule is C=O.C=O.C=O.C=O.C=O.C=O.C=O.CC.CC(C)O.CCC(C)C.CCC(C)C.CC[C@H](C)[C@H](NC(=O)[C@@H](CC(=O)[C@H](Cc1ccccc1)NC(=O)[C@@H]1CCCN1C(=O)C(CC(C)C)NC(C)=O)CC(C)C)C(=O)N1CCCCC1.CCc1ccccc1.CCc1ccccc1.CN.CN.CN.CN.N.N.N. The highest BCUT2D eigenvalue weighted by molar-refractivity contribution is 5.97. The molecule has 2 aliphatic heterocycles. The van der Waals surface area contributed by atoms with Crippen LogP contribution in [-0.2, 0) is 81.6 Å². The molecule has 0 radical (unpaired) electrons. The minimum Gasteiger partial charge on any atom is -0.394 e. The molecular weight excluding hydrogens is 1380 g/mol. The van der Waals surface area contributed by atoms with Crippen molar-refractivity contribution in [1.29, 1.82) is 0 Å². The molecule has 0 bridgehead atoms. The van der Waals surface area contributed by atoms with Gasteiger partial charge in [0.1, 0.15) is 65.6 Å². The topological polar surface area (TPSA) is 494 Å². The number of hydrogen-bond donors (Lipinski definition) is 11. The highest BCUT2D eigenvalue weighted by Gasteiger charge is 2.40. The van der Waals surface area contributed by atoms with Crippen LogP contribution in [0.15, 0.2) is 91.0 Å². The van der Waals surface area contributed by atoms with E-state index in [0.717, 1.165) is 49.5 Å². The molecular formula is C82H164N12O14. The summed E-state index contributed by atoms with van der Waals surface area (Å²) in [5.41, 5.74) is 21.7. The number of ketones is 1. The number of carbonyl (C=O) groups is 13. The molecule has 0 aliphatic carbocycles. The van der Waals surface area contributed by atoms with Crippen LogP contribution in [0.3, 0.4) is 0 Å². The molecule has 0 spiro atoms. The summed E-state index contributed by atoms with van der Waals surface area (Å²) in [6.07, 6.45) is 10.5. The van der Waals surface area contributed by atoms with E-state index in [9.17, 15) is 28.8 Å². The number of benzene rings is 3. The molecule has 0 aromatic heterocycles. The van der Waals surface area contributed by atoms with Gasteiger partial charge in [-0.15, -0.1) is 0 Å². The molecule has 636 valence electrons. The van der Waals surface area contributed by atoms with Crippen LogP contribution >= 0.6 is 0 Å². The number of aryl methyl sites for hydroxylation is 2. The zero-order valence-corrected chi connectivity index (χ0v) is 72.1. The van der Waals surface area contributed by atoms with Crippen LogP contribution < -0.4 is 57.3 Å². The van der Waals surface area contributed by atoms with Crippen molar-refractivity contribution in [3.63, 3.8) is 0 Å². The molecule has 3 aromatic rings. The number of nitrogens with zero attached hydrogens (tertiary/aromatic N) is 2. The number of likely N-dealkylation sites (tertiary alicyclic amines) is 2. The predicted octanol–water partition coefficient (Wildman–Crippen LogP) is 11.9. The third-order valence-electron chi connectivity index (χ3n) is 14.4. The van der Waals surface area contributed by atoms with Crippen LogP contribution in [0.1, 0.15) is 219 Å². The van der Waals surface area contributed by atoms with Crippen LogP contribution in [-0.4, -0.2) is 176 Å². The summed E-state index contributed by atoms with van der Waals surface area (Å²) in [6.45, 7) is 54.1. The van der Waals surface area contributed by atoms with Crippen molar-refractivity contribution in [3.8, 4) is 0 Å². The molecule has 3 aromatic carbocycles. The van der Waals surface area contributed by atoms with Crippen molar-refractivity contribution in [2.45, 2.75) is 252 Å². The fraction of sp³-hybridized carbons (Fsp3) is 0.622. The van der Waals surface area contributed by atoms with Gasteiger partial charge in [-0.25, -0.2) is 0 Å². The first kappa shape index (κ1) is 139. The number of Topliss-reactive ketones (excluding diaryl/α,β-unsaturated/α-hetero) is 1. The van der Waals surface area contributed by atoms with Gasteiger partial charge in [-0.2, -0.15) is 0 Å². The fourth-order valence-corrected chi connectivity index (χ4v) is 8.73. The van der Waals surface area contributed by atoms with Crippen LogP contribution in [0.5, 0.6) is 0 Å². The minimum absolute atomic E-state index is 0. The second kappa shape index (κ2) is 110. The van der Waals surface area contributed by atoms with Crippen LogP contribution in [0, 0.1) is 35.5 Å². The lowest BCUT2D eigenvalue weighted by Crippen LogP contribution is -2.56. The van der Waals surface area contributed by atoms with Gasteiger partial charge in [-0.1, -0.05) is 221 Å². The average molecular weight is 1540 g/mol. The highest BCUT2D eigenvalue weighted by Crippen LogP contribution is 2.24. The van der Waals surface area contributed by atoms with E-state index in [1.54, 1.807) is 13.8 Å². The van der Waals surface area contributed by atoms with Gasteiger partial charge in [-0.3, -0.25) is 28.8 Å². The van der Waals surface area contributed by atoms with Gasteiger partial charge >= 0.3 is 0 Å². The number of aliphatic hydroxyl groups is 1. The van der Waals surface area contributed by atoms with Gasteiger partial charge in [0.25, 0.3) is 0 Å². The Balaban J connectivity index is -0.0000000861.